The van der Waals surface area contributed by atoms with Crippen LogP contribution in [0.15, 0.2) is 54.6 Å². The van der Waals surface area contributed by atoms with Gasteiger partial charge in [0.2, 0.25) is 11.8 Å². The van der Waals surface area contributed by atoms with Gasteiger partial charge in [-0.25, -0.2) is 4.31 Å². The molecule has 0 aliphatic heterocycles. The Morgan fingerprint density at radius 3 is 2.10 bits per heavy atom. The predicted octanol–water partition coefficient (Wildman–Crippen LogP) is 1.77. The molecule has 1 N–H and O–H groups in total. The van der Waals surface area contributed by atoms with Crippen molar-refractivity contribution in [3.8, 4) is 0 Å². The number of nitrogens with one attached hydrogen (secondary N) is 1. The summed E-state index contributed by atoms with van der Waals surface area (Å²) in [5, 5.41) is 2.56. The molecular formula is C22H30N4O4S. The molecule has 0 aliphatic rings. The highest BCUT2D eigenvalue weighted by Gasteiger charge is 2.32. The van der Waals surface area contributed by atoms with E-state index in [-0.39, 0.29) is 12.5 Å². The van der Waals surface area contributed by atoms with Crippen LogP contribution in [0.5, 0.6) is 0 Å². The fraction of sp³-hybridized carbons (Fsp3) is 0.364. The lowest BCUT2D eigenvalue weighted by molar-refractivity contribution is -0.139. The zero-order valence-corrected chi connectivity index (χ0v) is 19.4. The van der Waals surface area contributed by atoms with Crippen LogP contribution in [-0.4, -0.2) is 63.2 Å². The first kappa shape index (κ1) is 24.4. The Bertz CT molecular complexity index is 992. The number of likely N-dealkylation sites (N-methyl/N-ethyl adjacent to an activating group) is 1. The van der Waals surface area contributed by atoms with Gasteiger partial charge in [0, 0.05) is 27.7 Å². The Kier molecular flexibility index (Phi) is 8.18. The number of carbonyl (C=O) groups excluding carboxylic acids is 2. The number of rotatable bonds is 9. The van der Waals surface area contributed by atoms with Crippen molar-refractivity contribution in [1.29, 1.82) is 0 Å². The van der Waals surface area contributed by atoms with Crippen LogP contribution in [-0.2, 0) is 26.3 Å². The van der Waals surface area contributed by atoms with E-state index in [1.807, 2.05) is 31.2 Å². The molecule has 8 nitrogen and oxygen atoms in total. The molecule has 0 unspecified atom stereocenters. The first-order valence-electron chi connectivity index (χ1n) is 9.89. The minimum Gasteiger partial charge on any atom is -0.357 e. The van der Waals surface area contributed by atoms with Crippen LogP contribution in [0.3, 0.4) is 0 Å². The molecular weight excluding hydrogens is 416 g/mol. The van der Waals surface area contributed by atoms with E-state index in [0.717, 1.165) is 19.7 Å². The Morgan fingerprint density at radius 2 is 1.58 bits per heavy atom. The maximum atomic E-state index is 13.4. The zero-order valence-electron chi connectivity index (χ0n) is 18.6. The lowest BCUT2D eigenvalue weighted by Gasteiger charge is -2.32. The van der Waals surface area contributed by atoms with Crippen molar-refractivity contribution in [1.82, 2.24) is 14.5 Å². The van der Waals surface area contributed by atoms with Gasteiger partial charge in [0.05, 0.1) is 5.69 Å². The first-order valence-corrected chi connectivity index (χ1v) is 11.3. The fourth-order valence-electron chi connectivity index (χ4n) is 2.99. The molecule has 2 aromatic rings. The summed E-state index contributed by atoms with van der Waals surface area (Å²) in [4.78, 5) is 27.1. The van der Waals surface area contributed by atoms with Crippen LogP contribution in [0.4, 0.5) is 5.69 Å². The lowest BCUT2D eigenvalue weighted by Crippen LogP contribution is -2.52. The highest BCUT2D eigenvalue weighted by molar-refractivity contribution is 7.90. The van der Waals surface area contributed by atoms with E-state index in [0.29, 0.717) is 5.69 Å². The minimum atomic E-state index is -3.93. The second-order valence-corrected chi connectivity index (χ2v) is 9.50. The van der Waals surface area contributed by atoms with E-state index in [1.165, 1.54) is 26.0 Å². The molecule has 2 amide bonds. The maximum Gasteiger partial charge on any atom is 0.304 e. The van der Waals surface area contributed by atoms with Gasteiger partial charge < -0.3 is 10.2 Å². The molecule has 0 radical (unpaired) electrons. The summed E-state index contributed by atoms with van der Waals surface area (Å²) in [6.45, 7) is 3.33. The van der Waals surface area contributed by atoms with Crippen molar-refractivity contribution in [2.45, 2.75) is 26.4 Å². The van der Waals surface area contributed by atoms with E-state index >= 15 is 0 Å². The van der Waals surface area contributed by atoms with Crippen molar-refractivity contribution in [3.05, 3.63) is 65.7 Å². The molecule has 0 heterocycles. The molecule has 0 saturated heterocycles. The van der Waals surface area contributed by atoms with E-state index in [4.69, 9.17) is 0 Å². The number of carbonyl (C=O) groups is 2. The van der Waals surface area contributed by atoms with Gasteiger partial charge in [-0.15, -0.1) is 0 Å². The lowest BCUT2D eigenvalue weighted by atomic mass is 10.1. The summed E-state index contributed by atoms with van der Waals surface area (Å²) in [7, 11) is 0.388. The zero-order chi connectivity index (χ0) is 23.2. The van der Waals surface area contributed by atoms with Gasteiger partial charge in [-0.1, -0.05) is 48.0 Å². The summed E-state index contributed by atoms with van der Waals surface area (Å²) in [5.74, 6) is -0.812. The Hall–Kier alpha value is -2.91. The number of para-hydroxylation sites is 1. The summed E-state index contributed by atoms with van der Waals surface area (Å²) in [6, 6.07) is 15.3. The smallest absolute Gasteiger partial charge is 0.304 e. The van der Waals surface area contributed by atoms with Gasteiger partial charge in [-0.05, 0) is 31.5 Å². The number of anilines is 1. The number of benzene rings is 2. The van der Waals surface area contributed by atoms with Crippen LogP contribution in [0.2, 0.25) is 0 Å². The first-order chi connectivity index (χ1) is 14.6. The van der Waals surface area contributed by atoms with E-state index in [2.05, 4.69) is 5.32 Å². The third-order valence-electron chi connectivity index (χ3n) is 4.95. The van der Waals surface area contributed by atoms with E-state index < -0.39 is 28.7 Å². The highest BCUT2D eigenvalue weighted by Crippen LogP contribution is 2.20. The largest absolute Gasteiger partial charge is 0.357 e. The quantitative estimate of drug-likeness (QED) is 0.636. The second-order valence-electron chi connectivity index (χ2n) is 7.43. The molecule has 2 rings (SSSR count). The monoisotopic (exact) mass is 446 g/mol. The number of hydrogen-bond acceptors (Lipinski definition) is 4. The number of aryl methyl sites for hydroxylation is 1. The van der Waals surface area contributed by atoms with Gasteiger partial charge in [0.1, 0.15) is 12.6 Å². The number of amides is 2. The molecule has 9 heteroatoms. The van der Waals surface area contributed by atoms with Crippen LogP contribution >= 0.6 is 0 Å². The average molecular weight is 447 g/mol. The van der Waals surface area contributed by atoms with Crippen LogP contribution in [0.1, 0.15) is 18.1 Å². The molecule has 31 heavy (non-hydrogen) atoms. The summed E-state index contributed by atoms with van der Waals surface area (Å²) in [6.07, 6.45) is 0. The molecule has 0 bridgehead atoms. The van der Waals surface area contributed by atoms with E-state index in [9.17, 15) is 18.0 Å². The van der Waals surface area contributed by atoms with Gasteiger partial charge >= 0.3 is 10.2 Å². The molecule has 168 valence electrons. The van der Waals surface area contributed by atoms with Crippen molar-refractivity contribution >= 4 is 27.7 Å². The molecule has 2 aromatic carbocycles. The fourth-order valence-corrected chi connectivity index (χ4v) is 4.05. The Morgan fingerprint density at radius 1 is 1.00 bits per heavy atom. The van der Waals surface area contributed by atoms with Crippen LogP contribution in [0, 0.1) is 6.92 Å². The standard InChI is InChI=1S/C22H30N4O4S/c1-17-11-13-19(14-12-17)15-25(18(2)22(28)23-3)21(27)16-26(31(29,30)24(4)5)20-9-7-6-8-10-20/h6-14,18H,15-16H2,1-5H3,(H,23,28)/t18-/m0/s1. The average Bonchev–Trinajstić information content (AvgIpc) is 2.76. The van der Waals surface area contributed by atoms with Gasteiger partial charge in [-0.3, -0.25) is 9.59 Å². The van der Waals surface area contributed by atoms with Crippen LogP contribution in [0.25, 0.3) is 0 Å². The van der Waals surface area contributed by atoms with Crippen molar-refractivity contribution in [2.75, 3.05) is 32.0 Å². The third-order valence-corrected chi connectivity index (χ3v) is 6.77. The molecule has 0 spiro atoms. The normalized spacial score (nSPS) is 12.3. The third kappa shape index (κ3) is 6.05. The van der Waals surface area contributed by atoms with Crippen molar-refractivity contribution in [3.63, 3.8) is 0 Å². The molecule has 0 aromatic heterocycles. The number of hydrogen-bond donors (Lipinski definition) is 1. The molecule has 1 atom stereocenters. The SMILES string of the molecule is CNC(=O)[C@H](C)N(Cc1ccc(C)cc1)C(=O)CN(c1ccccc1)S(=O)(=O)N(C)C. The van der Waals surface area contributed by atoms with Gasteiger partial charge in [-0.2, -0.15) is 12.7 Å². The van der Waals surface area contributed by atoms with Gasteiger partial charge in [0.15, 0.2) is 0 Å². The van der Waals surface area contributed by atoms with Gasteiger partial charge in [0.25, 0.3) is 0 Å². The maximum absolute atomic E-state index is 13.4. The number of nitrogens with zero attached hydrogens (tertiary/aromatic N) is 3. The van der Waals surface area contributed by atoms with E-state index in [1.54, 1.807) is 37.3 Å². The summed E-state index contributed by atoms with van der Waals surface area (Å²) >= 11 is 0. The topological polar surface area (TPSA) is 90.0 Å². The van der Waals surface area contributed by atoms with Crippen molar-refractivity contribution in [2.24, 2.45) is 0 Å². The molecule has 0 saturated carbocycles. The Labute approximate surface area is 184 Å². The predicted molar refractivity (Wildman–Crippen MR) is 122 cm³/mol. The molecule has 0 aliphatic carbocycles. The second kappa shape index (κ2) is 10.4. The van der Waals surface area contributed by atoms with Crippen molar-refractivity contribution < 1.29 is 18.0 Å². The van der Waals surface area contributed by atoms with Crippen LogP contribution < -0.4 is 9.62 Å². The summed E-state index contributed by atoms with van der Waals surface area (Å²) < 4.78 is 28.0. The molecule has 0 fully saturated rings. The summed E-state index contributed by atoms with van der Waals surface area (Å²) in [5.41, 5.74) is 2.29. The Balaban J connectivity index is 2.40. The minimum absolute atomic E-state index is 0.179. The highest BCUT2D eigenvalue weighted by atomic mass is 32.2.